The average Bonchev–Trinajstić information content (AvgIpc) is 2.95. The number of anilines is 1. The SMILES string of the molecule is CN1C(=O)[C@@H](NC(=O)[C@@H](CCC(F)(F)F)[C@@H](CCC(F)(F)F)C(N)=O)N=C(c2ccccc2)c2ccc(Cl)cc21. The van der Waals surface area contributed by atoms with Gasteiger partial charge in [-0.25, -0.2) is 4.99 Å². The van der Waals surface area contributed by atoms with Gasteiger partial charge >= 0.3 is 12.4 Å². The second-order valence-corrected chi connectivity index (χ2v) is 9.67. The summed E-state index contributed by atoms with van der Waals surface area (Å²) in [5.41, 5.74) is 6.79. The topological polar surface area (TPSA) is 105 Å². The molecule has 0 fully saturated rings. The van der Waals surface area contributed by atoms with E-state index in [-0.39, 0.29) is 10.7 Å². The minimum atomic E-state index is -4.78. The zero-order valence-electron chi connectivity index (χ0n) is 21.0. The maximum atomic E-state index is 13.4. The van der Waals surface area contributed by atoms with Gasteiger partial charge < -0.3 is 16.0 Å². The number of carbonyl (C=O) groups excluding carboxylic acids is 3. The van der Waals surface area contributed by atoms with Crippen LogP contribution in [0.1, 0.15) is 36.8 Å². The van der Waals surface area contributed by atoms with Crippen molar-refractivity contribution in [3.8, 4) is 0 Å². The fourth-order valence-corrected chi connectivity index (χ4v) is 4.56. The van der Waals surface area contributed by atoms with E-state index in [0.29, 0.717) is 16.8 Å². The number of hydrogen-bond donors (Lipinski definition) is 2. The first-order valence-corrected chi connectivity index (χ1v) is 12.4. The summed E-state index contributed by atoms with van der Waals surface area (Å²) in [4.78, 5) is 44.3. The highest BCUT2D eigenvalue weighted by molar-refractivity contribution is 6.31. The summed E-state index contributed by atoms with van der Waals surface area (Å²) in [6.07, 6.45) is -16.4. The Labute approximate surface area is 230 Å². The van der Waals surface area contributed by atoms with Gasteiger partial charge in [0.1, 0.15) is 0 Å². The van der Waals surface area contributed by atoms with Crippen molar-refractivity contribution in [2.45, 2.75) is 44.2 Å². The van der Waals surface area contributed by atoms with E-state index in [4.69, 9.17) is 17.3 Å². The van der Waals surface area contributed by atoms with Gasteiger partial charge in [0.25, 0.3) is 5.91 Å². The molecule has 3 rings (SSSR count). The van der Waals surface area contributed by atoms with Crippen molar-refractivity contribution in [1.82, 2.24) is 5.32 Å². The van der Waals surface area contributed by atoms with Crippen molar-refractivity contribution in [2.75, 3.05) is 11.9 Å². The van der Waals surface area contributed by atoms with Crippen LogP contribution in [0.5, 0.6) is 0 Å². The maximum absolute atomic E-state index is 13.4. The molecule has 0 bridgehead atoms. The van der Waals surface area contributed by atoms with E-state index in [2.05, 4.69) is 10.3 Å². The predicted molar refractivity (Wildman–Crippen MR) is 136 cm³/mol. The quantitative estimate of drug-likeness (QED) is 0.402. The van der Waals surface area contributed by atoms with Gasteiger partial charge in [0.05, 0.1) is 11.4 Å². The van der Waals surface area contributed by atoms with Crippen molar-refractivity contribution < 1.29 is 40.7 Å². The smallest absolute Gasteiger partial charge is 0.369 e. The Bertz CT molecular complexity index is 1280. The molecule has 0 saturated carbocycles. The summed E-state index contributed by atoms with van der Waals surface area (Å²) in [6, 6.07) is 13.1. The van der Waals surface area contributed by atoms with Crippen LogP contribution in [0.3, 0.4) is 0 Å². The monoisotopic (exact) mass is 590 g/mol. The highest BCUT2D eigenvalue weighted by Gasteiger charge is 2.41. The minimum absolute atomic E-state index is 0.241. The molecule has 1 aliphatic rings. The molecule has 216 valence electrons. The summed E-state index contributed by atoms with van der Waals surface area (Å²) in [7, 11) is 1.37. The molecule has 0 unspecified atom stereocenters. The van der Waals surface area contributed by atoms with Crippen molar-refractivity contribution >= 4 is 40.7 Å². The molecule has 0 spiro atoms. The molecule has 40 heavy (non-hydrogen) atoms. The average molecular weight is 591 g/mol. The number of hydrogen-bond acceptors (Lipinski definition) is 4. The van der Waals surface area contributed by atoms with Gasteiger partial charge in [0.15, 0.2) is 0 Å². The largest absolute Gasteiger partial charge is 0.389 e. The van der Waals surface area contributed by atoms with Gasteiger partial charge in [-0.2, -0.15) is 26.3 Å². The van der Waals surface area contributed by atoms with Gasteiger partial charge in [-0.15, -0.1) is 0 Å². The number of nitrogens with one attached hydrogen (secondary N) is 1. The third kappa shape index (κ3) is 7.96. The lowest BCUT2D eigenvalue weighted by atomic mass is 9.83. The Balaban J connectivity index is 2.03. The molecule has 7 nitrogen and oxygen atoms in total. The van der Waals surface area contributed by atoms with Gasteiger partial charge in [-0.1, -0.05) is 41.9 Å². The van der Waals surface area contributed by atoms with Crippen LogP contribution >= 0.6 is 11.6 Å². The molecule has 3 atom stereocenters. The number of alkyl halides is 6. The van der Waals surface area contributed by atoms with Crippen LogP contribution < -0.4 is 16.0 Å². The van der Waals surface area contributed by atoms with Crippen LogP contribution in [0, 0.1) is 11.8 Å². The molecular formula is C26H25ClF6N4O3. The molecule has 0 saturated heterocycles. The van der Waals surface area contributed by atoms with Crippen LogP contribution in [0.25, 0.3) is 0 Å². The number of halogens is 7. The van der Waals surface area contributed by atoms with Crippen LogP contribution in [0.2, 0.25) is 5.02 Å². The van der Waals surface area contributed by atoms with Crippen molar-refractivity contribution in [1.29, 1.82) is 0 Å². The fourth-order valence-electron chi connectivity index (χ4n) is 4.40. The number of benzene rings is 2. The van der Waals surface area contributed by atoms with Crippen LogP contribution in [0.15, 0.2) is 53.5 Å². The van der Waals surface area contributed by atoms with E-state index >= 15 is 0 Å². The van der Waals surface area contributed by atoms with Gasteiger partial charge in [0, 0.05) is 47.9 Å². The number of fused-ring (bicyclic) bond motifs is 1. The zero-order chi connectivity index (χ0) is 29.8. The molecule has 3 N–H and O–H groups in total. The highest BCUT2D eigenvalue weighted by Crippen LogP contribution is 2.34. The Morgan fingerprint density at radius 2 is 1.57 bits per heavy atom. The lowest BCUT2D eigenvalue weighted by molar-refractivity contribution is -0.152. The van der Waals surface area contributed by atoms with Crippen molar-refractivity contribution in [2.24, 2.45) is 22.6 Å². The number of carbonyl (C=O) groups is 3. The zero-order valence-corrected chi connectivity index (χ0v) is 21.8. The van der Waals surface area contributed by atoms with E-state index < -0.39 is 73.8 Å². The summed E-state index contributed by atoms with van der Waals surface area (Å²) in [5.74, 6) is -7.22. The van der Waals surface area contributed by atoms with E-state index in [1.54, 1.807) is 42.5 Å². The van der Waals surface area contributed by atoms with Gasteiger partial charge in [0.2, 0.25) is 18.0 Å². The second-order valence-electron chi connectivity index (χ2n) is 9.24. The van der Waals surface area contributed by atoms with E-state index in [0.717, 1.165) is 4.90 Å². The minimum Gasteiger partial charge on any atom is -0.369 e. The summed E-state index contributed by atoms with van der Waals surface area (Å²) < 4.78 is 77.8. The van der Waals surface area contributed by atoms with Crippen LogP contribution in [0.4, 0.5) is 32.0 Å². The van der Waals surface area contributed by atoms with E-state index in [1.165, 1.54) is 13.1 Å². The summed E-state index contributed by atoms with van der Waals surface area (Å²) >= 11 is 6.13. The van der Waals surface area contributed by atoms with Crippen molar-refractivity contribution in [3.63, 3.8) is 0 Å². The molecule has 0 radical (unpaired) electrons. The maximum Gasteiger partial charge on any atom is 0.389 e. The molecule has 14 heteroatoms. The lowest BCUT2D eigenvalue weighted by Gasteiger charge is -2.27. The predicted octanol–water partition coefficient (Wildman–Crippen LogP) is 5.00. The molecule has 0 aliphatic carbocycles. The van der Waals surface area contributed by atoms with Gasteiger partial charge in [-0.3, -0.25) is 14.4 Å². The third-order valence-electron chi connectivity index (χ3n) is 6.39. The van der Waals surface area contributed by atoms with Crippen LogP contribution in [-0.2, 0) is 14.4 Å². The van der Waals surface area contributed by atoms with Gasteiger partial charge in [-0.05, 0) is 31.0 Å². The molecule has 2 aromatic carbocycles. The standard InChI is InChI=1S/C26H25ClF6N4O3/c1-37-19-13-15(27)7-8-18(19)20(14-5-3-2-4-6-14)35-22(24(37)40)36-23(39)17(10-12-26(31,32)33)16(21(34)38)9-11-25(28,29)30/h2-8,13,16-17,22H,9-12H2,1H3,(H2,34,38)(H,36,39)/t16-,17+,22-/m1/s1. The summed E-state index contributed by atoms with van der Waals surface area (Å²) in [5, 5.41) is 2.54. The Kier molecular flexibility index (Phi) is 9.49. The number of likely N-dealkylation sites (N-methyl/N-ethyl adjacent to an activating group) is 1. The third-order valence-corrected chi connectivity index (χ3v) is 6.63. The molecule has 3 amide bonds. The number of primary amides is 1. The number of amides is 3. The fraction of sp³-hybridized carbons (Fsp3) is 0.385. The first-order chi connectivity index (χ1) is 18.6. The second kappa shape index (κ2) is 12.3. The first kappa shape index (κ1) is 30.9. The molecule has 1 heterocycles. The molecular weight excluding hydrogens is 566 g/mol. The Hall–Kier alpha value is -3.61. The van der Waals surface area contributed by atoms with E-state index in [1.807, 2.05) is 0 Å². The number of benzodiazepines with no additional fused rings is 1. The number of rotatable bonds is 9. The van der Waals surface area contributed by atoms with Crippen LogP contribution in [-0.4, -0.2) is 49.0 Å². The lowest BCUT2D eigenvalue weighted by Crippen LogP contribution is -2.50. The first-order valence-electron chi connectivity index (χ1n) is 12.0. The molecule has 0 aromatic heterocycles. The van der Waals surface area contributed by atoms with E-state index in [9.17, 15) is 40.7 Å². The Morgan fingerprint density at radius 3 is 2.12 bits per heavy atom. The van der Waals surface area contributed by atoms with Crippen molar-refractivity contribution in [3.05, 3.63) is 64.7 Å². The molecule has 2 aromatic rings. The number of nitrogens with two attached hydrogens (primary N) is 1. The number of aliphatic imine (C=N–C) groups is 1. The molecule has 1 aliphatic heterocycles. The normalized spacial score (nSPS) is 17.4. The summed E-state index contributed by atoms with van der Waals surface area (Å²) in [6.45, 7) is 0. The Morgan fingerprint density at radius 1 is 1.00 bits per heavy atom. The highest BCUT2D eigenvalue weighted by atomic mass is 35.5. The number of nitrogens with zero attached hydrogens (tertiary/aromatic N) is 2.